The maximum atomic E-state index is 13.0. The number of amides is 2. The van der Waals surface area contributed by atoms with E-state index < -0.39 is 0 Å². The van der Waals surface area contributed by atoms with Crippen molar-refractivity contribution < 1.29 is 14.1 Å². The van der Waals surface area contributed by atoms with Gasteiger partial charge >= 0.3 is 0 Å². The third kappa shape index (κ3) is 5.77. The fourth-order valence-electron chi connectivity index (χ4n) is 4.96. The largest absolute Gasteiger partial charge is 0.352 e. The van der Waals surface area contributed by atoms with Crippen LogP contribution in [0, 0.1) is 5.92 Å². The molecule has 2 aliphatic heterocycles. The van der Waals surface area contributed by atoms with Crippen LogP contribution in [0.3, 0.4) is 0 Å². The van der Waals surface area contributed by atoms with Crippen molar-refractivity contribution in [2.45, 2.75) is 45.3 Å². The number of aromatic nitrogens is 2. The Hall–Kier alpha value is -3.23. The fourth-order valence-corrected chi connectivity index (χ4v) is 5.18. The van der Waals surface area contributed by atoms with Crippen LogP contribution in [0.15, 0.2) is 53.1 Å². The molecule has 8 nitrogen and oxygen atoms in total. The summed E-state index contributed by atoms with van der Waals surface area (Å²) in [5.41, 5.74) is 2.87. The van der Waals surface area contributed by atoms with Gasteiger partial charge in [-0.15, -0.1) is 0 Å². The molecule has 2 saturated heterocycles. The maximum absolute atomic E-state index is 13.0. The molecule has 1 aromatic heterocycles. The van der Waals surface area contributed by atoms with Gasteiger partial charge in [0.2, 0.25) is 23.5 Å². The standard InChI is InChI=1S/C27H30ClN5O3/c28-23-11-4-3-10-22(23)26-30-24(36-31-26)18-32-13-5-9-21(16-32)27(35)29-15-19-7-1-2-8-20(19)17-33-14-6-12-25(33)34/h1-4,7-8,10-11,21H,5-6,9,12-18H2,(H,29,35). The summed E-state index contributed by atoms with van der Waals surface area (Å²) in [7, 11) is 0. The predicted octanol–water partition coefficient (Wildman–Crippen LogP) is 4.04. The molecule has 5 rings (SSSR count). The van der Waals surface area contributed by atoms with Crippen molar-refractivity contribution in [3.8, 4) is 11.4 Å². The van der Waals surface area contributed by atoms with Crippen LogP contribution in [0.1, 0.15) is 42.7 Å². The Kier molecular flexibility index (Phi) is 7.63. The van der Waals surface area contributed by atoms with E-state index in [1.54, 1.807) is 6.07 Å². The maximum Gasteiger partial charge on any atom is 0.241 e. The summed E-state index contributed by atoms with van der Waals surface area (Å²) in [4.78, 5) is 33.7. The first kappa shape index (κ1) is 24.5. The number of hydrogen-bond donors (Lipinski definition) is 1. The Morgan fingerprint density at radius 3 is 2.67 bits per heavy atom. The van der Waals surface area contributed by atoms with Gasteiger partial charge < -0.3 is 14.7 Å². The van der Waals surface area contributed by atoms with Crippen LogP contribution < -0.4 is 5.32 Å². The first-order valence-electron chi connectivity index (χ1n) is 12.5. The van der Waals surface area contributed by atoms with Crippen molar-refractivity contribution >= 4 is 23.4 Å². The van der Waals surface area contributed by atoms with E-state index >= 15 is 0 Å². The van der Waals surface area contributed by atoms with E-state index in [2.05, 4.69) is 20.4 Å². The molecule has 1 atom stereocenters. The van der Waals surface area contributed by atoms with E-state index in [0.29, 0.717) is 49.3 Å². The highest BCUT2D eigenvalue weighted by Gasteiger charge is 2.27. The molecule has 0 bridgehead atoms. The zero-order valence-electron chi connectivity index (χ0n) is 20.2. The van der Waals surface area contributed by atoms with Crippen molar-refractivity contribution in [3.05, 3.63) is 70.6 Å². The summed E-state index contributed by atoms with van der Waals surface area (Å²) < 4.78 is 5.46. The van der Waals surface area contributed by atoms with E-state index in [1.807, 2.05) is 47.4 Å². The second-order valence-electron chi connectivity index (χ2n) is 9.47. The van der Waals surface area contributed by atoms with Crippen molar-refractivity contribution in [3.63, 3.8) is 0 Å². The average molecular weight is 508 g/mol. The van der Waals surface area contributed by atoms with Gasteiger partial charge in [0.25, 0.3) is 0 Å². The minimum atomic E-state index is -0.1000. The number of benzene rings is 2. The highest BCUT2D eigenvalue weighted by atomic mass is 35.5. The normalized spacial score (nSPS) is 18.5. The van der Waals surface area contributed by atoms with Crippen molar-refractivity contribution in [1.29, 1.82) is 0 Å². The number of piperidine rings is 1. The monoisotopic (exact) mass is 507 g/mol. The van der Waals surface area contributed by atoms with Crippen LogP contribution in [-0.4, -0.2) is 51.4 Å². The third-order valence-electron chi connectivity index (χ3n) is 6.92. The lowest BCUT2D eigenvalue weighted by Crippen LogP contribution is -2.42. The number of halogens is 1. The number of nitrogens with zero attached hydrogens (tertiary/aromatic N) is 4. The summed E-state index contributed by atoms with van der Waals surface area (Å²) in [6.07, 6.45) is 3.32. The van der Waals surface area contributed by atoms with E-state index in [9.17, 15) is 9.59 Å². The molecule has 36 heavy (non-hydrogen) atoms. The van der Waals surface area contributed by atoms with Gasteiger partial charge in [-0.1, -0.05) is 53.2 Å². The molecule has 1 N–H and O–H groups in total. The van der Waals surface area contributed by atoms with Crippen molar-refractivity contribution in [2.75, 3.05) is 19.6 Å². The van der Waals surface area contributed by atoms with Crippen LogP contribution in [0.2, 0.25) is 5.02 Å². The van der Waals surface area contributed by atoms with Gasteiger partial charge in [-0.3, -0.25) is 14.5 Å². The van der Waals surface area contributed by atoms with Crippen LogP contribution >= 0.6 is 11.6 Å². The van der Waals surface area contributed by atoms with E-state index in [4.69, 9.17) is 16.1 Å². The molecule has 0 aliphatic carbocycles. The van der Waals surface area contributed by atoms with Gasteiger partial charge in [-0.2, -0.15) is 4.98 Å². The summed E-state index contributed by atoms with van der Waals surface area (Å²) >= 11 is 6.25. The number of hydrogen-bond acceptors (Lipinski definition) is 6. The van der Waals surface area contributed by atoms with E-state index in [0.717, 1.165) is 49.0 Å². The lowest BCUT2D eigenvalue weighted by molar-refractivity contribution is -0.128. The zero-order valence-corrected chi connectivity index (χ0v) is 20.9. The van der Waals surface area contributed by atoms with E-state index in [1.165, 1.54) is 0 Å². The van der Waals surface area contributed by atoms with Crippen molar-refractivity contribution in [2.24, 2.45) is 5.92 Å². The number of likely N-dealkylation sites (tertiary alicyclic amines) is 2. The van der Waals surface area contributed by atoms with Gasteiger partial charge in [0.15, 0.2) is 0 Å². The molecular formula is C27H30ClN5O3. The molecule has 1 unspecified atom stereocenters. The first-order chi connectivity index (χ1) is 17.6. The highest BCUT2D eigenvalue weighted by Crippen LogP contribution is 2.26. The first-order valence-corrected chi connectivity index (χ1v) is 12.9. The molecule has 3 heterocycles. The fraction of sp³-hybridized carbons (Fsp3) is 0.407. The molecule has 0 spiro atoms. The lowest BCUT2D eigenvalue weighted by Gasteiger charge is -2.31. The Morgan fingerprint density at radius 2 is 1.86 bits per heavy atom. The van der Waals surface area contributed by atoms with Crippen LogP contribution in [0.25, 0.3) is 11.4 Å². The van der Waals surface area contributed by atoms with Gasteiger partial charge in [0.05, 0.1) is 17.5 Å². The highest BCUT2D eigenvalue weighted by molar-refractivity contribution is 6.33. The summed E-state index contributed by atoms with van der Waals surface area (Å²) in [5, 5.41) is 7.78. The SMILES string of the molecule is O=C(NCc1ccccc1CN1CCCC1=O)C1CCCN(Cc2nc(-c3ccccc3Cl)no2)C1. The Morgan fingerprint density at radius 1 is 1.06 bits per heavy atom. The Balaban J connectivity index is 1.16. The van der Waals surface area contributed by atoms with Gasteiger partial charge in [-0.25, -0.2) is 0 Å². The number of carbonyl (C=O) groups is 2. The molecule has 188 valence electrons. The molecule has 0 radical (unpaired) electrons. The second-order valence-corrected chi connectivity index (χ2v) is 9.88. The molecule has 2 aliphatic rings. The smallest absolute Gasteiger partial charge is 0.241 e. The van der Waals surface area contributed by atoms with Gasteiger partial charge in [-0.05, 0) is 49.1 Å². The minimum absolute atomic E-state index is 0.0500. The van der Waals surface area contributed by atoms with Gasteiger partial charge in [0, 0.05) is 38.2 Å². The number of carbonyl (C=O) groups excluding carboxylic acids is 2. The second kappa shape index (κ2) is 11.2. The summed E-state index contributed by atoms with van der Waals surface area (Å²) in [6, 6.07) is 15.4. The molecular weight excluding hydrogens is 478 g/mol. The zero-order chi connectivity index (χ0) is 24.9. The number of nitrogens with one attached hydrogen (secondary N) is 1. The average Bonchev–Trinajstić information content (AvgIpc) is 3.52. The molecule has 2 fully saturated rings. The van der Waals surface area contributed by atoms with Gasteiger partial charge in [0.1, 0.15) is 0 Å². The third-order valence-corrected chi connectivity index (χ3v) is 7.25. The molecule has 0 saturated carbocycles. The van der Waals surface area contributed by atoms with Crippen LogP contribution in [0.5, 0.6) is 0 Å². The molecule has 2 amide bonds. The van der Waals surface area contributed by atoms with Crippen LogP contribution in [0.4, 0.5) is 0 Å². The van der Waals surface area contributed by atoms with Crippen molar-refractivity contribution in [1.82, 2.24) is 25.3 Å². The Labute approximate surface area is 215 Å². The summed E-state index contributed by atoms with van der Waals surface area (Å²) in [5.74, 6) is 1.13. The predicted molar refractivity (Wildman–Crippen MR) is 136 cm³/mol. The quantitative estimate of drug-likeness (QED) is 0.494. The van der Waals surface area contributed by atoms with E-state index in [-0.39, 0.29) is 17.7 Å². The topological polar surface area (TPSA) is 91.6 Å². The molecule has 9 heteroatoms. The molecule has 3 aromatic rings. The lowest BCUT2D eigenvalue weighted by atomic mass is 9.97. The van der Waals surface area contributed by atoms with Crippen LogP contribution in [-0.2, 0) is 29.2 Å². The molecule has 2 aromatic carbocycles. The Bertz CT molecular complexity index is 1230. The summed E-state index contributed by atoms with van der Waals surface area (Å²) in [6.45, 7) is 3.87. The minimum Gasteiger partial charge on any atom is -0.352 e. The number of rotatable bonds is 8.